The van der Waals surface area contributed by atoms with Gasteiger partial charge in [-0.1, -0.05) is 45.0 Å². The molecule has 0 saturated carbocycles. The predicted molar refractivity (Wildman–Crippen MR) is 89.2 cm³/mol. The van der Waals surface area contributed by atoms with E-state index in [0.29, 0.717) is 13.0 Å². The van der Waals surface area contributed by atoms with Crippen LogP contribution in [0.2, 0.25) is 0 Å². The summed E-state index contributed by atoms with van der Waals surface area (Å²) in [6.07, 6.45) is 0.707. The molecule has 0 aliphatic carbocycles. The van der Waals surface area contributed by atoms with E-state index in [9.17, 15) is 4.79 Å². The van der Waals surface area contributed by atoms with E-state index >= 15 is 0 Å². The molecule has 0 aromatic heterocycles. The van der Waals surface area contributed by atoms with E-state index in [1.165, 1.54) is 0 Å². The van der Waals surface area contributed by atoms with Gasteiger partial charge in [0.15, 0.2) is 5.78 Å². The molecule has 1 aromatic carbocycles. The fourth-order valence-electron chi connectivity index (χ4n) is 2.30. The van der Waals surface area contributed by atoms with Crippen molar-refractivity contribution in [2.45, 2.75) is 66.1 Å². The summed E-state index contributed by atoms with van der Waals surface area (Å²) >= 11 is 0. The zero-order valence-electron chi connectivity index (χ0n) is 14.3. The number of hydrogen-bond acceptors (Lipinski definition) is 3. The highest BCUT2D eigenvalue weighted by atomic mass is 16.1. The Morgan fingerprint density at radius 2 is 1.52 bits per heavy atom. The van der Waals surface area contributed by atoms with E-state index in [1.807, 2.05) is 32.9 Å². The van der Waals surface area contributed by atoms with Crippen molar-refractivity contribution in [2.75, 3.05) is 0 Å². The maximum Gasteiger partial charge on any atom is 0.155 e. The Morgan fingerprint density at radius 3 is 1.90 bits per heavy atom. The van der Waals surface area contributed by atoms with E-state index in [-0.39, 0.29) is 22.8 Å². The van der Waals surface area contributed by atoms with Crippen molar-refractivity contribution in [1.29, 1.82) is 0 Å². The van der Waals surface area contributed by atoms with Gasteiger partial charge in [0.05, 0.1) is 6.04 Å². The molecule has 0 aliphatic heterocycles. The molecule has 1 atom stereocenters. The molecule has 0 saturated heterocycles. The highest BCUT2D eigenvalue weighted by Gasteiger charge is 2.31. The number of benzene rings is 1. The third kappa shape index (κ3) is 5.98. The molecule has 0 fully saturated rings. The average Bonchev–Trinajstić information content (AvgIpc) is 2.35. The number of rotatable bonds is 5. The van der Waals surface area contributed by atoms with Crippen molar-refractivity contribution in [1.82, 2.24) is 5.32 Å². The lowest BCUT2D eigenvalue weighted by molar-refractivity contribution is -0.128. The third-order valence-corrected chi connectivity index (χ3v) is 3.36. The molecule has 0 amide bonds. The molecule has 0 spiro atoms. The Labute approximate surface area is 129 Å². The summed E-state index contributed by atoms with van der Waals surface area (Å²) in [7, 11) is 0. The number of Topliss-reactive ketones (excluding diaryl/α,β-unsaturated/α-hetero) is 1. The third-order valence-electron chi connectivity index (χ3n) is 3.36. The van der Waals surface area contributed by atoms with Crippen LogP contribution in [0.15, 0.2) is 24.3 Å². The molecular weight excluding hydrogens is 260 g/mol. The normalized spacial score (nSPS) is 14.0. The molecule has 0 heterocycles. The molecule has 3 N–H and O–H groups in total. The second-order valence-electron chi connectivity index (χ2n) is 7.79. The van der Waals surface area contributed by atoms with Gasteiger partial charge in [-0.05, 0) is 38.3 Å². The molecule has 0 radical (unpaired) electrons. The van der Waals surface area contributed by atoms with Crippen LogP contribution in [-0.2, 0) is 17.8 Å². The summed E-state index contributed by atoms with van der Waals surface area (Å²) in [5, 5.41) is 3.47. The maximum atomic E-state index is 12.7. The van der Waals surface area contributed by atoms with E-state index in [1.54, 1.807) is 0 Å². The van der Waals surface area contributed by atoms with Gasteiger partial charge in [0.2, 0.25) is 0 Å². The lowest BCUT2D eigenvalue weighted by Crippen LogP contribution is -2.51. The first-order valence-corrected chi connectivity index (χ1v) is 7.63. The van der Waals surface area contributed by atoms with Crippen molar-refractivity contribution in [3.05, 3.63) is 35.4 Å². The van der Waals surface area contributed by atoms with Crippen molar-refractivity contribution >= 4 is 5.78 Å². The second-order valence-corrected chi connectivity index (χ2v) is 7.79. The van der Waals surface area contributed by atoms with Gasteiger partial charge in [-0.3, -0.25) is 4.79 Å². The van der Waals surface area contributed by atoms with Crippen LogP contribution in [0.25, 0.3) is 0 Å². The minimum absolute atomic E-state index is 0.0945. The van der Waals surface area contributed by atoms with Gasteiger partial charge in [-0.15, -0.1) is 0 Å². The van der Waals surface area contributed by atoms with E-state index in [4.69, 9.17) is 5.73 Å². The molecule has 0 bridgehead atoms. The smallest absolute Gasteiger partial charge is 0.155 e. The van der Waals surface area contributed by atoms with Crippen molar-refractivity contribution < 1.29 is 4.79 Å². The fraction of sp³-hybridized carbons (Fsp3) is 0.611. The van der Waals surface area contributed by atoms with Crippen LogP contribution < -0.4 is 11.1 Å². The summed E-state index contributed by atoms with van der Waals surface area (Å²) in [5.74, 6) is 0.250. The van der Waals surface area contributed by atoms with Crippen molar-refractivity contribution in [3.63, 3.8) is 0 Å². The number of hydrogen-bond donors (Lipinski definition) is 2. The molecule has 3 heteroatoms. The van der Waals surface area contributed by atoms with Crippen LogP contribution in [0, 0.1) is 5.41 Å². The Bertz CT molecular complexity index is 463. The van der Waals surface area contributed by atoms with Gasteiger partial charge in [0.25, 0.3) is 0 Å². The minimum atomic E-state index is -0.347. The van der Waals surface area contributed by atoms with E-state index < -0.39 is 0 Å². The molecule has 21 heavy (non-hydrogen) atoms. The summed E-state index contributed by atoms with van der Waals surface area (Å²) in [6.45, 7) is 12.7. The highest BCUT2D eigenvalue weighted by Crippen LogP contribution is 2.21. The highest BCUT2D eigenvalue weighted by molar-refractivity contribution is 5.89. The quantitative estimate of drug-likeness (QED) is 0.876. The largest absolute Gasteiger partial charge is 0.326 e. The van der Waals surface area contributed by atoms with Gasteiger partial charge in [-0.2, -0.15) is 0 Å². The lowest BCUT2D eigenvalue weighted by Gasteiger charge is -2.32. The van der Waals surface area contributed by atoms with Gasteiger partial charge in [0.1, 0.15) is 0 Å². The topological polar surface area (TPSA) is 55.1 Å². The SMILES string of the molecule is CC(C)(C)NC(Cc1ccc(CN)cc1)C(=O)C(C)(C)C. The first-order valence-electron chi connectivity index (χ1n) is 7.63. The standard InChI is InChI=1S/C18H30N2O/c1-17(2,3)16(21)15(20-18(4,5)6)11-13-7-9-14(12-19)10-8-13/h7-10,15,20H,11-12,19H2,1-6H3. The zero-order valence-corrected chi connectivity index (χ0v) is 14.3. The molecule has 3 nitrogen and oxygen atoms in total. The summed E-state index contributed by atoms with van der Waals surface area (Å²) in [4.78, 5) is 12.7. The van der Waals surface area contributed by atoms with Crippen molar-refractivity contribution in [2.24, 2.45) is 11.1 Å². The van der Waals surface area contributed by atoms with Crippen LogP contribution in [0.5, 0.6) is 0 Å². The number of carbonyl (C=O) groups excluding carboxylic acids is 1. The predicted octanol–water partition coefficient (Wildman–Crippen LogP) is 3.06. The molecule has 1 aromatic rings. The summed E-state index contributed by atoms with van der Waals surface area (Å²) in [6, 6.07) is 8.02. The molecule has 118 valence electrons. The van der Waals surface area contributed by atoms with Gasteiger partial charge in [0, 0.05) is 17.5 Å². The van der Waals surface area contributed by atoms with Crippen LogP contribution in [-0.4, -0.2) is 17.4 Å². The van der Waals surface area contributed by atoms with Crippen LogP contribution in [0.4, 0.5) is 0 Å². The minimum Gasteiger partial charge on any atom is -0.326 e. The molecule has 1 rings (SSSR count). The number of ketones is 1. The Morgan fingerprint density at radius 1 is 1.05 bits per heavy atom. The Kier molecular flexibility index (Phi) is 5.71. The first kappa shape index (κ1) is 17.9. The summed E-state index contributed by atoms with van der Waals surface area (Å²) in [5.41, 5.74) is 7.45. The monoisotopic (exact) mass is 290 g/mol. The second kappa shape index (κ2) is 6.71. The van der Waals surface area contributed by atoms with E-state index in [0.717, 1.165) is 11.1 Å². The lowest BCUT2D eigenvalue weighted by atomic mass is 9.83. The number of nitrogens with one attached hydrogen (secondary N) is 1. The van der Waals surface area contributed by atoms with E-state index in [2.05, 4.69) is 38.2 Å². The van der Waals surface area contributed by atoms with Gasteiger partial charge < -0.3 is 11.1 Å². The fourth-order valence-corrected chi connectivity index (χ4v) is 2.30. The Balaban J connectivity index is 2.93. The Hall–Kier alpha value is -1.19. The zero-order chi connectivity index (χ0) is 16.3. The summed E-state index contributed by atoms with van der Waals surface area (Å²) < 4.78 is 0. The van der Waals surface area contributed by atoms with Crippen LogP contribution >= 0.6 is 0 Å². The number of carbonyl (C=O) groups is 1. The maximum absolute atomic E-state index is 12.7. The first-order chi connectivity index (χ1) is 9.53. The molecule has 1 unspecified atom stereocenters. The molecular formula is C18H30N2O. The molecule has 0 aliphatic rings. The van der Waals surface area contributed by atoms with Crippen LogP contribution in [0.3, 0.4) is 0 Å². The van der Waals surface area contributed by atoms with Crippen molar-refractivity contribution in [3.8, 4) is 0 Å². The number of nitrogens with two attached hydrogens (primary N) is 1. The van der Waals surface area contributed by atoms with Gasteiger partial charge >= 0.3 is 0 Å². The van der Waals surface area contributed by atoms with Gasteiger partial charge in [-0.25, -0.2) is 0 Å². The van der Waals surface area contributed by atoms with Crippen LogP contribution in [0.1, 0.15) is 52.7 Å². The average molecular weight is 290 g/mol.